The predicted molar refractivity (Wildman–Crippen MR) is 46.2 cm³/mol. The van der Waals surface area contributed by atoms with Crippen LogP contribution in [0, 0.1) is 0 Å². The molecule has 1 unspecified atom stereocenters. The van der Waals surface area contributed by atoms with Gasteiger partial charge in [0.2, 0.25) is 0 Å². The zero-order chi connectivity index (χ0) is 7.11. The number of hydrogen-bond donors (Lipinski definition) is 1. The van der Waals surface area contributed by atoms with E-state index in [-0.39, 0.29) is 7.92 Å². The van der Waals surface area contributed by atoms with Gasteiger partial charge in [0.15, 0.2) is 0 Å². The fraction of sp³-hybridized carbons (Fsp3) is 0.714. The molecule has 0 aromatic rings. The Balaban J connectivity index is 2.96. The van der Waals surface area contributed by atoms with E-state index in [1.54, 1.807) is 0 Å². The van der Waals surface area contributed by atoms with Crippen LogP contribution in [-0.4, -0.2) is 19.5 Å². The number of nitrogens with one attached hydrogen (secondary N) is 1. The van der Waals surface area contributed by atoms with Crippen LogP contribution in [0.5, 0.6) is 0 Å². The summed E-state index contributed by atoms with van der Waals surface area (Å²) in [7, 11) is 0.0628. The highest BCUT2D eigenvalue weighted by Gasteiger charge is 1.90. The summed E-state index contributed by atoms with van der Waals surface area (Å²) < 4.78 is 0. The van der Waals surface area contributed by atoms with Crippen LogP contribution in [0.2, 0.25) is 0 Å². The van der Waals surface area contributed by atoms with Gasteiger partial charge in [0.1, 0.15) is 0 Å². The average Bonchev–Trinajstić information content (AvgIpc) is 1.89. The predicted octanol–water partition coefficient (Wildman–Crippen LogP) is 2.20. The molecule has 0 radical (unpaired) electrons. The van der Waals surface area contributed by atoms with Crippen molar-refractivity contribution in [2.75, 3.05) is 19.5 Å². The van der Waals surface area contributed by atoms with E-state index >= 15 is 0 Å². The van der Waals surface area contributed by atoms with Gasteiger partial charge in [-0.25, -0.2) is 0 Å². The van der Waals surface area contributed by atoms with Gasteiger partial charge in [0, 0.05) is 6.29 Å². The molecule has 54 valence electrons. The third-order valence-corrected chi connectivity index (χ3v) is 2.45. The third kappa shape index (κ3) is 6.01. The molecular weight excluding hydrogens is 129 g/mol. The SMILES string of the molecule is C=CP(C)CNCCC. The molecule has 0 aliphatic carbocycles. The highest BCUT2D eigenvalue weighted by molar-refractivity contribution is 7.59. The fourth-order valence-corrected chi connectivity index (χ4v) is 1.14. The van der Waals surface area contributed by atoms with Gasteiger partial charge in [-0.2, -0.15) is 0 Å². The lowest BCUT2D eigenvalue weighted by molar-refractivity contribution is 0.753. The van der Waals surface area contributed by atoms with Crippen molar-refractivity contribution in [3.05, 3.63) is 12.4 Å². The van der Waals surface area contributed by atoms with Crippen LogP contribution in [0.25, 0.3) is 0 Å². The summed E-state index contributed by atoms with van der Waals surface area (Å²) in [5.74, 6) is 2.04. The van der Waals surface area contributed by atoms with Crippen LogP contribution in [0.3, 0.4) is 0 Å². The van der Waals surface area contributed by atoms with Crippen LogP contribution in [0.4, 0.5) is 0 Å². The minimum Gasteiger partial charge on any atom is -0.313 e. The highest BCUT2D eigenvalue weighted by Crippen LogP contribution is 2.28. The zero-order valence-corrected chi connectivity index (χ0v) is 7.25. The summed E-state index contributed by atoms with van der Waals surface area (Å²) in [6.07, 6.45) is 2.35. The lowest BCUT2D eigenvalue weighted by atomic mass is 10.5. The van der Waals surface area contributed by atoms with E-state index in [2.05, 4.69) is 25.5 Å². The molecule has 9 heavy (non-hydrogen) atoms. The Morgan fingerprint density at radius 1 is 1.67 bits per heavy atom. The summed E-state index contributed by atoms with van der Waals surface area (Å²) in [5.41, 5.74) is 0. The topological polar surface area (TPSA) is 12.0 Å². The largest absolute Gasteiger partial charge is 0.313 e. The quantitative estimate of drug-likeness (QED) is 0.462. The lowest BCUT2D eigenvalue weighted by Gasteiger charge is -2.06. The standard InChI is InChI=1S/C7H16NP/c1-4-6-8-7-9(3)5-2/h5,8H,2,4,6-7H2,1,3H3. The molecule has 1 N–H and O–H groups in total. The van der Waals surface area contributed by atoms with Crippen LogP contribution in [-0.2, 0) is 0 Å². The van der Waals surface area contributed by atoms with Crippen molar-refractivity contribution in [3.8, 4) is 0 Å². The van der Waals surface area contributed by atoms with Crippen LogP contribution in [0.15, 0.2) is 12.4 Å². The first-order chi connectivity index (χ1) is 4.31. The van der Waals surface area contributed by atoms with Crippen molar-refractivity contribution in [1.29, 1.82) is 0 Å². The van der Waals surface area contributed by atoms with Gasteiger partial charge in [-0.05, 0) is 19.6 Å². The summed E-state index contributed by atoms with van der Waals surface area (Å²) in [4.78, 5) is 0. The van der Waals surface area contributed by atoms with Gasteiger partial charge in [0.25, 0.3) is 0 Å². The maximum Gasteiger partial charge on any atom is 0.0188 e. The Hall–Kier alpha value is 0.130. The summed E-state index contributed by atoms with van der Waals surface area (Å²) in [6, 6.07) is 0. The molecule has 0 aromatic heterocycles. The van der Waals surface area contributed by atoms with E-state index < -0.39 is 0 Å². The average molecular weight is 145 g/mol. The minimum atomic E-state index is 0.0628. The first-order valence-electron chi connectivity index (χ1n) is 3.34. The molecule has 0 aliphatic heterocycles. The van der Waals surface area contributed by atoms with Crippen molar-refractivity contribution in [2.24, 2.45) is 0 Å². The van der Waals surface area contributed by atoms with Crippen molar-refractivity contribution in [3.63, 3.8) is 0 Å². The second-order valence-corrected chi connectivity index (χ2v) is 4.29. The normalized spacial score (nSPS) is 13.1. The van der Waals surface area contributed by atoms with Crippen LogP contribution in [0.1, 0.15) is 13.3 Å². The maximum absolute atomic E-state index is 3.73. The molecule has 0 aromatic carbocycles. The third-order valence-electron chi connectivity index (χ3n) is 1.10. The Bertz CT molecular complexity index is 73.3. The lowest BCUT2D eigenvalue weighted by Crippen LogP contribution is -2.13. The molecule has 0 heterocycles. The van der Waals surface area contributed by atoms with E-state index in [0.717, 1.165) is 12.8 Å². The number of hydrogen-bond acceptors (Lipinski definition) is 1. The Kier molecular flexibility index (Phi) is 6.34. The van der Waals surface area contributed by atoms with E-state index in [9.17, 15) is 0 Å². The van der Waals surface area contributed by atoms with Crippen molar-refractivity contribution in [1.82, 2.24) is 5.32 Å². The maximum atomic E-state index is 3.73. The molecule has 0 fully saturated rings. The van der Waals surface area contributed by atoms with Crippen molar-refractivity contribution in [2.45, 2.75) is 13.3 Å². The molecular formula is C7H16NP. The van der Waals surface area contributed by atoms with Gasteiger partial charge in [0.05, 0.1) is 0 Å². The van der Waals surface area contributed by atoms with Gasteiger partial charge in [-0.3, -0.25) is 0 Å². The summed E-state index contributed by atoms with van der Waals surface area (Å²) >= 11 is 0. The van der Waals surface area contributed by atoms with Gasteiger partial charge >= 0.3 is 0 Å². The summed E-state index contributed by atoms with van der Waals surface area (Å²) in [5, 5.41) is 3.34. The van der Waals surface area contributed by atoms with Crippen LogP contribution >= 0.6 is 7.92 Å². The van der Waals surface area contributed by atoms with E-state index in [1.807, 2.05) is 5.82 Å². The second kappa shape index (κ2) is 6.25. The molecule has 0 saturated carbocycles. The second-order valence-electron chi connectivity index (χ2n) is 2.10. The molecule has 0 rings (SSSR count). The zero-order valence-electron chi connectivity index (χ0n) is 6.35. The summed E-state index contributed by atoms with van der Waals surface area (Å²) in [6.45, 7) is 9.27. The molecule has 0 bridgehead atoms. The fourth-order valence-electron chi connectivity index (χ4n) is 0.497. The molecule has 0 aliphatic rings. The van der Waals surface area contributed by atoms with Gasteiger partial charge in [-0.1, -0.05) is 27.2 Å². The monoisotopic (exact) mass is 145 g/mol. The Morgan fingerprint density at radius 3 is 2.78 bits per heavy atom. The van der Waals surface area contributed by atoms with Crippen LogP contribution < -0.4 is 5.32 Å². The van der Waals surface area contributed by atoms with E-state index in [0.29, 0.717) is 0 Å². The molecule has 2 heteroatoms. The molecule has 1 atom stereocenters. The molecule has 0 spiro atoms. The number of rotatable bonds is 5. The molecule has 1 nitrogen and oxygen atoms in total. The Labute approximate surface area is 59.3 Å². The highest BCUT2D eigenvalue weighted by atomic mass is 31.1. The van der Waals surface area contributed by atoms with Gasteiger partial charge in [-0.15, -0.1) is 0 Å². The van der Waals surface area contributed by atoms with Crippen molar-refractivity contribution < 1.29 is 0 Å². The minimum absolute atomic E-state index is 0.0628. The van der Waals surface area contributed by atoms with E-state index in [1.165, 1.54) is 6.42 Å². The first-order valence-corrected chi connectivity index (χ1v) is 5.39. The van der Waals surface area contributed by atoms with Crippen molar-refractivity contribution >= 4 is 7.92 Å². The van der Waals surface area contributed by atoms with Gasteiger partial charge < -0.3 is 5.32 Å². The Morgan fingerprint density at radius 2 is 2.33 bits per heavy atom. The first kappa shape index (κ1) is 9.13. The van der Waals surface area contributed by atoms with E-state index in [4.69, 9.17) is 0 Å². The molecule has 0 amide bonds. The smallest absolute Gasteiger partial charge is 0.0188 e. The molecule has 0 saturated heterocycles.